The molecule has 21 heavy (non-hydrogen) atoms. The van der Waals surface area contributed by atoms with Crippen LogP contribution >= 0.6 is 27.5 Å². The van der Waals surface area contributed by atoms with Crippen LogP contribution in [0.3, 0.4) is 0 Å². The van der Waals surface area contributed by atoms with Gasteiger partial charge in [0.15, 0.2) is 0 Å². The van der Waals surface area contributed by atoms with Crippen LogP contribution in [0.1, 0.15) is 5.56 Å². The Morgan fingerprint density at radius 1 is 1.29 bits per heavy atom. The van der Waals surface area contributed by atoms with E-state index < -0.39 is 5.82 Å². The Hall–Kier alpha value is -1.79. The molecular weight excluding hydrogens is 363 g/mol. The number of nitrogens with one attached hydrogen (secondary N) is 1. The summed E-state index contributed by atoms with van der Waals surface area (Å²) in [6.45, 7) is 0. The highest BCUT2D eigenvalue weighted by Gasteiger charge is 2.13. The summed E-state index contributed by atoms with van der Waals surface area (Å²) in [4.78, 5) is 0. The third-order valence-corrected chi connectivity index (χ3v) is 3.58. The van der Waals surface area contributed by atoms with Crippen LogP contribution in [0.4, 0.5) is 4.39 Å². The molecule has 0 aliphatic rings. The van der Waals surface area contributed by atoms with Crippen LogP contribution in [0.2, 0.25) is 5.02 Å². The molecule has 0 saturated carbocycles. The van der Waals surface area contributed by atoms with Crippen LogP contribution in [0.15, 0.2) is 34.8 Å². The van der Waals surface area contributed by atoms with Gasteiger partial charge in [0.1, 0.15) is 28.9 Å². The molecule has 2 rings (SSSR count). The molecule has 0 atom stereocenters. The minimum Gasteiger partial charge on any atom is -0.497 e. The molecule has 110 valence electrons. The molecule has 7 heteroatoms. The predicted octanol–water partition coefficient (Wildman–Crippen LogP) is 4.33. The lowest BCUT2D eigenvalue weighted by Crippen LogP contribution is -2.12. The van der Waals surface area contributed by atoms with Crippen molar-refractivity contribution in [3.63, 3.8) is 0 Å². The fraction of sp³-hybridized carbons (Fsp3) is 0.0714. The van der Waals surface area contributed by atoms with Crippen LogP contribution in [0.5, 0.6) is 17.2 Å². The van der Waals surface area contributed by atoms with Gasteiger partial charge in [-0.25, -0.2) is 4.39 Å². The van der Waals surface area contributed by atoms with Crippen molar-refractivity contribution >= 4 is 33.4 Å². The van der Waals surface area contributed by atoms with Crippen LogP contribution in [0.25, 0.3) is 0 Å². The number of rotatable bonds is 4. The van der Waals surface area contributed by atoms with Gasteiger partial charge in [-0.15, -0.1) is 0 Å². The topological polar surface area (TPSA) is 68.3 Å². The summed E-state index contributed by atoms with van der Waals surface area (Å²) >= 11 is 8.93. The number of ether oxygens (including phenoxy) is 2. The highest BCUT2D eigenvalue weighted by Crippen LogP contribution is 2.36. The third-order valence-electron chi connectivity index (χ3n) is 2.67. The molecule has 3 N–H and O–H groups in total. The zero-order valence-electron chi connectivity index (χ0n) is 10.9. The first kappa shape index (κ1) is 15.6. The summed E-state index contributed by atoms with van der Waals surface area (Å²) in [5, 5.41) is 7.53. The Kier molecular flexibility index (Phi) is 4.69. The Bertz CT molecular complexity index is 710. The summed E-state index contributed by atoms with van der Waals surface area (Å²) in [5.74, 6) is 0.248. The van der Waals surface area contributed by atoms with Gasteiger partial charge in [-0.2, -0.15) is 0 Å². The van der Waals surface area contributed by atoms with Crippen molar-refractivity contribution in [2.45, 2.75) is 0 Å². The maximum Gasteiger partial charge on any atom is 0.145 e. The molecule has 0 aliphatic carbocycles. The largest absolute Gasteiger partial charge is 0.497 e. The highest BCUT2D eigenvalue weighted by molar-refractivity contribution is 9.10. The van der Waals surface area contributed by atoms with E-state index in [-0.39, 0.29) is 22.4 Å². The van der Waals surface area contributed by atoms with Crippen molar-refractivity contribution in [2.75, 3.05) is 7.11 Å². The Morgan fingerprint density at radius 3 is 2.62 bits per heavy atom. The van der Waals surface area contributed by atoms with Gasteiger partial charge in [-0.3, -0.25) is 5.41 Å². The highest BCUT2D eigenvalue weighted by atomic mass is 79.9. The monoisotopic (exact) mass is 372 g/mol. The number of halogens is 3. The molecule has 0 saturated heterocycles. The molecule has 0 amide bonds. The summed E-state index contributed by atoms with van der Waals surface area (Å²) in [6.07, 6.45) is 0. The van der Waals surface area contributed by atoms with E-state index in [4.69, 9.17) is 32.2 Å². The first-order chi connectivity index (χ1) is 9.92. The van der Waals surface area contributed by atoms with Gasteiger partial charge in [0.05, 0.1) is 22.2 Å². The van der Waals surface area contributed by atoms with E-state index in [1.165, 1.54) is 13.2 Å². The molecule has 2 aromatic rings. The average Bonchev–Trinajstić information content (AvgIpc) is 2.44. The zero-order valence-corrected chi connectivity index (χ0v) is 13.3. The standard InChI is InChI=1S/C14H11BrClFN2O2/c1-20-7-2-3-8(14(18)19)12(4-7)21-13-6-11(17)10(16)5-9(13)15/h2-6H,1H3,(H3,18,19). The summed E-state index contributed by atoms with van der Waals surface area (Å²) in [5.41, 5.74) is 5.88. The molecule has 2 aromatic carbocycles. The van der Waals surface area contributed by atoms with E-state index in [2.05, 4.69) is 15.9 Å². The van der Waals surface area contributed by atoms with Crippen molar-refractivity contribution in [1.29, 1.82) is 5.41 Å². The van der Waals surface area contributed by atoms with E-state index in [9.17, 15) is 4.39 Å². The predicted molar refractivity (Wildman–Crippen MR) is 83.2 cm³/mol. The summed E-state index contributed by atoms with van der Waals surface area (Å²) in [7, 11) is 1.50. The summed E-state index contributed by atoms with van der Waals surface area (Å²) in [6, 6.07) is 7.35. The van der Waals surface area contributed by atoms with Gasteiger partial charge < -0.3 is 15.2 Å². The quantitative estimate of drug-likeness (QED) is 0.476. The molecule has 0 heterocycles. The lowest BCUT2D eigenvalue weighted by Gasteiger charge is -2.13. The molecule has 4 nitrogen and oxygen atoms in total. The number of hydrogen-bond acceptors (Lipinski definition) is 3. The number of benzene rings is 2. The van der Waals surface area contributed by atoms with Gasteiger partial charge in [0, 0.05) is 12.1 Å². The number of nitrogens with two attached hydrogens (primary N) is 1. The fourth-order valence-corrected chi connectivity index (χ4v) is 2.36. The molecule has 0 bridgehead atoms. The Morgan fingerprint density at radius 2 is 2.00 bits per heavy atom. The van der Waals surface area contributed by atoms with Crippen LogP contribution < -0.4 is 15.2 Å². The molecule has 0 aliphatic heterocycles. The first-order valence-electron chi connectivity index (χ1n) is 5.77. The van der Waals surface area contributed by atoms with Crippen molar-refractivity contribution in [1.82, 2.24) is 0 Å². The molecular formula is C14H11BrClFN2O2. The summed E-state index contributed by atoms with van der Waals surface area (Å²) < 4.78 is 24.8. The Labute approximate surface area is 134 Å². The molecule has 0 radical (unpaired) electrons. The maximum absolute atomic E-state index is 13.5. The van der Waals surface area contributed by atoms with E-state index >= 15 is 0 Å². The second-order valence-corrected chi connectivity index (χ2v) is 5.34. The second kappa shape index (κ2) is 6.32. The zero-order chi connectivity index (χ0) is 15.6. The van der Waals surface area contributed by atoms with Gasteiger partial charge in [0.25, 0.3) is 0 Å². The third kappa shape index (κ3) is 3.46. The van der Waals surface area contributed by atoms with E-state index in [1.807, 2.05) is 0 Å². The van der Waals surface area contributed by atoms with E-state index in [0.717, 1.165) is 6.07 Å². The van der Waals surface area contributed by atoms with Crippen LogP contribution in [-0.2, 0) is 0 Å². The molecule has 0 spiro atoms. The van der Waals surface area contributed by atoms with Crippen molar-refractivity contribution in [3.05, 3.63) is 51.2 Å². The smallest absolute Gasteiger partial charge is 0.145 e. The molecule has 0 fully saturated rings. The lowest BCUT2D eigenvalue weighted by atomic mass is 10.1. The van der Waals surface area contributed by atoms with Gasteiger partial charge >= 0.3 is 0 Å². The van der Waals surface area contributed by atoms with Gasteiger partial charge in [0.2, 0.25) is 0 Å². The average molecular weight is 374 g/mol. The second-order valence-electron chi connectivity index (χ2n) is 4.07. The first-order valence-corrected chi connectivity index (χ1v) is 6.94. The number of amidine groups is 1. The minimum absolute atomic E-state index is 0.0216. The fourth-order valence-electron chi connectivity index (χ4n) is 1.64. The lowest BCUT2D eigenvalue weighted by molar-refractivity contribution is 0.408. The van der Waals surface area contributed by atoms with Crippen LogP contribution in [0, 0.1) is 11.2 Å². The molecule has 0 aromatic heterocycles. The number of hydrogen-bond donors (Lipinski definition) is 2. The van der Waals surface area contributed by atoms with Gasteiger partial charge in [-0.05, 0) is 34.1 Å². The van der Waals surface area contributed by atoms with E-state index in [1.54, 1.807) is 18.2 Å². The van der Waals surface area contributed by atoms with Crippen LogP contribution in [-0.4, -0.2) is 12.9 Å². The number of nitrogen functional groups attached to an aromatic ring is 1. The minimum atomic E-state index is -0.609. The van der Waals surface area contributed by atoms with Crippen molar-refractivity contribution < 1.29 is 13.9 Å². The maximum atomic E-state index is 13.5. The van der Waals surface area contributed by atoms with E-state index in [0.29, 0.717) is 15.8 Å². The normalized spacial score (nSPS) is 10.3. The molecule has 0 unspecified atom stereocenters. The van der Waals surface area contributed by atoms with Crippen molar-refractivity contribution in [2.24, 2.45) is 5.73 Å². The van der Waals surface area contributed by atoms with Crippen molar-refractivity contribution in [3.8, 4) is 17.2 Å². The number of methoxy groups -OCH3 is 1. The van der Waals surface area contributed by atoms with Gasteiger partial charge in [-0.1, -0.05) is 11.6 Å². The SMILES string of the molecule is COc1ccc(C(=N)N)c(Oc2cc(F)c(Cl)cc2Br)c1. The Balaban J connectivity index is 2.47.